The Labute approximate surface area is 204 Å². The molecular weight excluding hydrogens is 468 g/mol. The number of hydrogen-bond acceptors (Lipinski definition) is 8. The van der Waals surface area contributed by atoms with Crippen LogP contribution in [0.5, 0.6) is 0 Å². The first-order valence-electron chi connectivity index (χ1n) is 10.8. The van der Waals surface area contributed by atoms with Gasteiger partial charge >= 0.3 is 5.97 Å². The molecule has 0 saturated heterocycles. The molecule has 9 nitrogen and oxygen atoms in total. The molecule has 10 heteroatoms. The van der Waals surface area contributed by atoms with Gasteiger partial charge < -0.3 is 15.4 Å². The Morgan fingerprint density at radius 3 is 2.69 bits per heavy atom. The van der Waals surface area contributed by atoms with Crippen molar-refractivity contribution in [3.63, 3.8) is 0 Å². The number of amides is 1. The summed E-state index contributed by atoms with van der Waals surface area (Å²) < 4.78 is 5.91. The Bertz CT molecular complexity index is 1400. The molecular formula is C25H22N4O5S. The lowest BCUT2D eigenvalue weighted by molar-refractivity contribution is -0.384. The molecule has 35 heavy (non-hydrogen) atoms. The van der Waals surface area contributed by atoms with E-state index in [1.54, 1.807) is 43.5 Å². The van der Waals surface area contributed by atoms with Gasteiger partial charge in [-0.05, 0) is 67.8 Å². The SMILES string of the molecule is CCOC(=O)c1cc2cc(NC(=O)c3ccc(NC(C)c4ccccn4)c([N+](=O)[O-])c3)ccc2s1. The number of rotatable bonds is 8. The number of nitro benzene ring substituents is 1. The molecule has 0 radical (unpaired) electrons. The monoisotopic (exact) mass is 490 g/mol. The van der Waals surface area contributed by atoms with Gasteiger partial charge in [-0.1, -0.05) is 6.07 Å². The van der Waals surface area contributed by atoms with Gasteiger partial charge in [-0.3, -0.25) is 19.9 Å². The van der Waals surface area contributed by atoms with Crippen molar-refractivity contribution >= 4 is 50.4 Å². The highest BCUT2D eigenvalue weighted by Gasteiger charge is 2.20. The third kappa shape index (κ3) is 5.44. The van der Waals surface area contributed by atoms with Crippen molar-refractivity contribution in [3.8, 4) is 0 Å². The quantitative estimate of drug-likeness (QED) is 0.182. The molecule has 1 atom stereocenters. The normalized spacial score (nSPS) is 11.6. The summed E-state index contributed by atoms with van der Waals surface area (Å²) in [6, 6.07) is 16.4. The molecule has 0 fully saturated rings. The highest BCUT2D eigenvalue weighted by atomic mass is 32.1. The van der Waals surface area contributed by atoms with Crippen molar-refractivity contribution in [2.24, 2.45) is 0 Å². The number of thiophene rings is 1. The number of ether oxygens (including phenoxy) is 1. The number of anilines is 2. The van der Waals surface area contributed by atoms with Crippen LogP contribution in [0.2, 0.25) is 0 Å². The van der Waals surface area contributed by atoms with E-state index in [-0.39, 0.29) is 29.6 Å². The molecule has 2 N–H and O–H groups in total. The standard InChI is InChI=1S/C25H22N4O5S/c1-3-34-25(31)23-14-17-12-18(8-10-22(17)35-23)28-24(30)16-7-9-20(21(13-16)29(32)33)27-15(2)19-6-4-5-11-26-19/h4-15,27H,3H2,1-2H3,(H,28,30). The average molecular weight is 491 g/mol. The molecule has 2 aromatic heterocycles. The van der Waals surface area contributed by atoms with Crippen LogP contribution in [-0.4, -0.2) is 28.4 Å². The van der Waals surface area contributed by atoms with Crippen LogP contribution in [0.1, 0.15) is 45.6 Å². The van der Waals surface area contributed by atoms with E-state index < -0.39 is 16.8 Å². The van der Waals surface area contributed by atoms with Crippen molar-refractivity contribution in [1.82, 2.24) is 4.98 Å². The zero-order valence-electron chi connectivity index (χ0n) is 19.0. The smallest absolute Gasteiger partial charge is 0.348 e. The molecule has 0 saturated carbocycles. The molecule has 4 aromatic rings. The minimum atomic E-state index is -0.529. The van der Waals surface area contributed by atoms with Gasteiger partial charge in [0.15, 0.2) is 0 Å². The summed E-state index contributed by atoms with van der Waals surface area (Å²) in [5.74, 6) is -0.879. The number of esters is 1. The van der Waals surface area contributed by atoms with Gasteiger partial charge in [0.05, 0.1) is 23.3 Å². The van der Waals surface area contributed by atoms with E-state index in [1.807, 2.05) is 19.1 Å². The number of fused-ring (bicyclic) bond motifs is 1. The highest BCUT2D eigenvalue weighted by molar-refractivity contribution is 7.20. The molecule has 0 aliphatic carbocycles. The number of nitrogens with one attached hydrogen (secondary N) is 2. The second-order valence-corrected chi connectivity index (χ2v) is 8.73. The second kappa shape index (κ2) is 10.3. The lowest BCUT2D eigenvalue weighted by Gasteiger charge is -2.15. The van der Waals surface area contributed by atoms with Gasteiger partial charge in [0.1, 0.15) is 10.6 Å². The lowest BCUT2D eigenvalue weighted by Crippen LogP contribution is -2.14. The summed E-state index contributed by atoms with van der Waals surface area (Å²) in [7, 11) is 0. The largest absolute Gasteiger partial charge is 0.462 e. The Balaban J connectivity index is 1.53. The van der Waals surface area contributed by atoms with Crippen molar-refractivity contribution in [2.75, 3.05) is 17.2 Å². The molecule has 0 aliphatic rings. The maximum atomic E-state index is 12.8. The predicted molar refractivity (Wildman–Crippen MR) is 135 cm³/mol. The average Bonchev–Trinajstić information content (AvgIpc) is 3.28. The van der Waals surface area contributed by atoms with E-state index in [1.165, 1.54) is 29.5 Å². The van der Waals surface area contributed by atoms with Gasteiger partial charge in [-0.2, -0.15) is 0 Å². The fourth-order valence-electron chi connectivity index (χ4n) is 3.51. The molecule has 0 bridgehead atoms. The van der Waals surface area contributed by atoms with E-state index in [0.717, 1.165) is 15.8 Å². The van der Waals surface area contributed by atoms with E-state index >= 15 is 0 Å². The molecule has 1 unspecified atom stereocenters. The number of pyridine rings is 1. The molecule has 2 heterocycles. The number of carbonyl (C=O) groups excluding carboxylic acids is 2. The maximum Gasteiger partial charge on any atom is 0.348 e. The van der Waals surface area contributed by atoms with Crippen molar-refractivity contribution < 1.29 is 19.2 Å². The Morgan fingerprint density at radius 2 is 1.97 bits per heavy atom. The van der Waals surface area contributed by atoms with Crippen LogP contribution in [0, 0.1) is 10.1 Å². The zero-order chi connectivity index (χ0) is 24.9. The summed E-state index contributed by atoms with van der Waals surface area (Å²) in [5, 5.41) is 18.3. The number of nitrogens with zero attached hydrogens (tertiary/aromatic N) is 2. The number of nitro groups is 1. The molecule has 178 valence electrons. The fourth-order valence-corrected chi connectivity index (χ4v) is 4.45. The molecule has 2 aromatic carbocycles. The fraction of sp³-hybridized carbons (Fsp3) is 0.160. The van der Waals surface area contributed by atoms with E-state index in [9.17, 15) is 19.7 Å². The van der Waals surface area contributed by atoms with Gasteiger partial charge in [0.25, 0.3) is 11.6 Å². The van der Waals surface area contributed by atoms with Crippen molar-refractivity contribution in [3.05, 3.63) is 93.1 Å². The predicted octanol–water partition coefficient (Wildman–Crippen LogP) is 5.81. The lowest BCUT2D eigenvalue weighted by atomic mass is 10.1. The summed E-state index contributed by atoms with van der Waals surface area (Å²) in [5.41, 5.74) is 1.46. The number of aromatic nitrogens is 1. The Kier molecular flexibility index (Phi) is 7.02. The maximum absolute atomic E-state index is 12.8. The van der Waals surface area contributed by atoms with Crippen molar-refractivity contribution in [1.29, 1.82) is 0 Å². The minimum Gasteiger partial charge on any atom is -0.462 e. The number of benzene rings is 2. The summed E-state index contributed by atoms with van der Waals surface area (Å²) in [6.07, 6.45) is 1.65. The van der Waals surface area contributed by atoms with E-state index in [2.05, 4.69) is 15.6 Å². The van der Waals surface area contributed by atoms with Gasteiger partial charge in [-0.15, -0.1) is 11.3 Å². The zero-order valence-corrected chi connectivity index (χ0v) is 19.8. The number of hydrogen-bond donors (Lipinski definition) is 2. The number of carbonyl (C=O) groups is 2. The highest BCUT2D eigenvalue weighted by Crippen LogP contribution is 2.31. The van der Waals surface area contributed by atoms with E-state index in [4.69, 9.17) is 4.74 Å². The van der Waals surface area contributed by atoms with Crippen LogP contribution in [0.4, 0.5) is 17.1 Å². The summed E-state index contributed by atoms with van der Waals surface area (Å²) in [4.78, 5) is 40.7. The van der Waals surface area contributed by atoms with E-state index in [0.29, 0.717) is 10.6 Å². The van der Waals surface area contributed by atoms with Crippen molar-refractivity contribution in [2.45, 2.75) is 19.9 Å². The first-order valence-corrected chi connectivity index (χ1v) is 11.7. The molecule has 0 spiro atoms. The molecule has 4 rings (SSSR count). The first-order chi connectivity index (χ1) is 16.9. The van der Waals surface area contributed by atoms with Gasteiger partial charge in [0.2, 0.25) is 0 Å². The van der Waals surface area contributed by atoms with Gasteiger partial charge in [-0.25, -0.2) is 4.79 Å². The Hall–Kier alpha value is -4.31. The van der Waals surface area contributed by atoms with Crippen LogP contribution >= 0.6 is 11.3 Å². The minimum absolute atomic E-state index is 0.144. The third-order valence-corrected chi connectivity index (χ3v) is 6.31. The first kappa shape index (κ1) is 23.8. The van der Waals surface area contributed by atoms with Crippen LogP contribution in [0.25, 0.3) is 10.1 Å². The third-order valence-electron chi connectivity index (χ3n) is 5.21. The topological polar surface area (TPSA) is 123 Å². The van der Waals surface area contributed by atoms with Gasteiger partial charge in [0, 0.05) is 28.2 Å². The Morgan fingerprint density at radius 1 is 1.14 bits per heavy atom. The second-order valence-electron chi connectivity index (χ2n) is 7.65. The van der Waals surface area contributed by atoms with Crippen LogP contribution in [0.3, 0.4) is 0 Å². The van der Waals surface area contributed by atoms with Crippen LogP contribution < -0.4 is 10.6 Å². The van der Waals surface area contributed by atoms with Crippen LogP contribution in [0.15, 0.2) is 66.9 Å². The van der Waals surface area contributed by atoms with Crippen LogP contribution in [-0.2, 0) is 4.74 Å². The molecule has 0 aliphatic heterocycles. The summed E-state index contributed by atoms with van der Waals surface area (Å²) >= 11 is 1.31. The summed E-state index contributed by atoms with van der Waals surface area (Å²) in [6.45, 7) is 3.88. The molecule has 1 amide bonds.